The van der Waals surface area contributed by atoms with Gasteiger partial charge in [-0.05, 0) is 13.3 Å². The van der Waals surface area contributed by atoms with E-state index in [2.05, 4.69) is 18.4 Å². The molecule has 0 aromatic carbocycles. The van der Waals surface area contributed by atoms with E-state index in [-0.39, 0.29) is 0 Å². The van der Waals surface area contributed by atoms with Crippen molar-refractivity contribution in [3.63, 3.8) is 0 Å². The third-order valence-electron chi connectivity index (χ3n) is 0.563. The summed E-state index contributed by atoms with van der Waals surface area (Å²) >= 11 is 0. The highest BCUT2D eigenvalue weighted by molar-refractivity contribution is 5.03. The van der Waals surface area contributed by atoms with Crippen molar-refractivity contribution in [3.05, 3.63) is 19.1 Å². The zero-order chi connectivity index (χ0) is 5.54. The smallest absolute Gasteiger partial charge is 0.0157 e. The average molecular weight is 93.1 g/mol. The molecule has 0 heterocycles. The summed E-state index contributed by atoms with van der Waals surface area (Å²) in [7, 11) is 0. The standard InChI is InChI=1S/C7H9/c1-3-5-7-6-4-2/h3,5H,1,7H2,2H3. The lowest BCUT2D eigenvalue weighted by Gasteiger charge is -1.74. The summed E-state index contributed by atoms with van der Waals surface area (Å²) in [4.78, 5) is 0. The maximum absolute atomic E-state index is 3.51. The highest BCUT2D eigenvalue weighted by atomic mass is 13.7. The van der Waals surface area contributed by atoms with Crippen LogP contribution in [0.5, 0.6) is 0 Å². The molecule has 0 aliphatic heterocycles. The van der Waals surface area contributed by atoms with E-state index in [0.717, 1.165) is 6.42 Å². The Kier molecular flexibility index (Phi) is 4.77. The van der Waals surface area contributed by atoms with Gasteiger partial charge in [-0.25, -0.2) is 0 Å². The molecule has 0 rings (SSSR count). The number of hydrogen-bond donors (Lipinski definition) is 0. The number of allylic oxidation sites excluding steroid dienone is 1. The monoisotopic (exact) mass is 93.1 g/mol. The molecule has 0 aromatic rings. The zero-order valence-corrected chi connectivity index (χ0v) is 4.57. The van der Waals surface area contributed by atoms with Gasteiger partial charge >= 0.3 is 0 Å². The SMILES string of the molecule is C=C[CH]CC#CC. The maximum Gasteiger partial charge on any atom is 0.0157 e. The van der Waals surface area contributed by atoms with Gasteiger partial charge in [0.15, 0.2) is 0 Å². The second-order valence-corrected chi connectivity index (χ2v) is 1.10. The minimum atomic E-state index is 0.833. The van der Waals surface area contributed by atoms with Crippen molar-refractivity contribution in [2.45, 2.75) is 13.3 Å². The molecule has 37 valence electrons. The van der Waals surface area contributed by atoms with Crippen LogP contribution in [-0.2, 0) is 0 Å². The van der Waals surface area contributed by atoms with Crippen molar-refractivity contribution in [3.8, 4) is 11.8 Å². The fraction of sp³-hybridized carbons (Fsp3) is 0.286. The highest BCUT2D eigenvalue weighted by Gasteiger charge is 1.68. The first-order chi connectivity index (χ1) is 3.41. The summed E-state index contributed by atoms with van der Waals surface area (Å²) in [6.07, 6.45) is 4.51. The summed E-state index contributed by atoms with van der Waals surface area (Å²) in [6, 6.07) is 0. The van der Waals surface area contributed by atoms with Crippen molar-refractivity contribution in [1.82, 2.24) is 0 Å². The normalized spacial score (nSPS) is 6.43. The Bertz CT molecular complexity index is 90.3. The Morgan fingerprint density at radius 2 is 2.43 bits per heavy atom. The van der Waals surface area contributed by atoms with Gasteiger partial charge < -0.3 is 0 Å². The Morgan fingerprint density at radius 1 is 1.71 bits per heavy atom. The van der Waals surface area contributed by atoms with Crippen LogP contribution in [0.25, 0.3) is 0 Å². The van der Waals surface area contributed by atoms with Crippen LogP contribution in [0, 0.1) is 18.3 Å². The molecule has 0 aliphatic rings. The largest absolute Gasteiger partial charge is 0.107 e. The number of unbranched alkanes of at least 4 members (excludes halogenated alkanes) is 1. The average Bonchev–Trinajstić information content (AvgIpc) is 1.69. The molecule has 7 heavy (non-hydrogen) atoms. The summed E-state index contributed by atoms with van der Waals surface area (Å²) in [5.74, 6) is 5.65. The molecule has 0 unspecified atom stereocenters. The zero-order valence-electron chi connectivity index (χ0n) is 4.57. The van der Waals surface area contributed by atoms with Crippen molar-refractivity contribution >= 4 is 0 Å². The van der Waals surface area contributed by atoms with Gasteiger partial charge in [0.2, 0.25) is 0 Å². The Balaban J connectivity index is 2.92. The van der Waals surface area contributed by atoms with Gasteiger partial charge in [0.25, 0.3) is 0 Å². The molecule has 0 bridgehead atoms. The van der Waals surface area contributed by atoms with Crippen molar-refractivity contribution in [2.24, 2.45) is 0 Å². The van der Waals surface area contributed by atoms with Crippen molar-refractivity contribution < 1.29 is 0 Å². The van der Waals surface area contributed by atoms with Gasteiger partial charge in [0, 0.05) is 6.42 Å². The van der Waals surface area contributed by atoms with Crippen LogP contribution in [0.4, 0.5) is 0 Å². The molecular formula is C7H9. The fourth-order valence-corrected chi connectivity index (χ4v) is 0.244. The van der Waals surface area contributed by atoms with E-state index < -0.39 is 0 Å². The molecule has 0 spiro atoms. The summed E-state index contributed by atoms with van der Waals surface area (Å²) in [5.41, 5.74) is 0. The van der Waals surface area contributed by atoms with Gasteiger partial charge in [-0.15, -0.1) is 18.4 Å². The third-order valence-corrected chi connectivity index (χ3v) is 0.563. The fourth-order valence-electron chi connectivity index (χ4n) is 0.244. The molecule has 0 saturated heterocycles. The minimum Gasteiger partial charge on any atom is -0.107 e. The second-order valence-electron chi connectivity index (χ2n) is 1.10. The van der Waals surface area contributed by atoms with Crippen LogP contribution in [0.1, 0.15) is 13.3 Å². The van der Waals surface area contributed by atoms with E-state index in [0.29, 0.717) is 0 Å². The first-order valence-electron chi connectivity index (χ1n) is 2.25. The van der Waals surface area contributed by atoms with E-state index >= 15 is 0 Å². The van der Waals surface area contributed by atoms with Crippen LogP contribution >= 0.6 is 0 Å². The van der Waals surface area contributed by atoms with Crippen molar-refractivity contribution in [2.75, 3.05) is 0 Å². The summed E-state index contributed by atoms with van der Waals surface area (Å²) < 4.78 is 0. The molecule has 1 radical (unpaired) electrons. The van der Waals surface area contributed by atoms with Gasteiger partial charge in [-0.2, -0.15) is 0 Å². The Hall–Kier alpha value is -0.700. The Labute approximate surface area is 45.2 Å². The van der Waals surface area contributed by atoms with E-state index in [9.17, 15) is 0 Å². The molecule has 0 heteroatoms. The van der Waals surface area contributed by atoms with E-state index in [1.54, 1.807) is 6.08 Å². The van der Waals surface area contributed by atoms with Gasteiger partial charge in [0.05, 0.1) is 0 Å². The second kappa shape index (κ2) is 5.30. The molecule has 0 aromatic heterocycles. The highest BCUT2D eigenvalue weighted by Crippen LogP contribution is 1.81. The quantitative estimate of drug-likeness (QED) is 0.360. The lowest BCUT2D eigenvalue weighted by Crippen LogP contribution is -1.61. The van der Waals surface area contributed by atoms with Crippen molar-refractivity contribution in [1.29, 1.82) is 0 Å². The molecular weight excluding hydrogens is 84.1 g/mol. The number of hydrogen-bond acceptors (Lipinski definition) is 0. The first-order valence-corrected chi connectivity index (χ1v) is 2.25. The van der Waals surface area contributed by atoms with E-state index in [1.165, 1.54) is 0 Å². The van der Waals surface area contributed by atoms with Crippen LogP contribution < -0.4 is 0 Å². The third kappa shape index (κ3) is 5.30. The predicted molar refractivity (Wildman–Crippen MR) is 32.6 cm³/mol. The molecule has 0 saturated carbocycles. The summed E-state index contributed by atoms with van der Waals surface area (Å²) in [5, 5.41) is 0. The minimum absolute atomic E-state index is 0.833. The van der Waals surface area contributed by atoms with Gasteiger partial charge in [-0.3, -0.25) is 0 Å². The van der Waals surface area contributed by atoms with Crippen LogP contribution in [0.15, 0.2) is 12.7 Å². The molecule has 0 atom stereocenters. The van der Waals surface area contributed by atoms with Gasteiger partial charge in [0.1, 0.15) is 0 Å². The van der Waals surface area contributed by atoms with Crippen LogP contribution in [0.2, 0.25) is 0 Å². The molecule has 0 N–H and O–H groups in total. The van der Waals surface area contributed by atoms with Crippen LogP contribution in [-0.4, -0.2) is 0 Å². The first kappa shape index (κ1) is 6.30. The predicted octanol–water partition coefficient (Wildman–Crippen LogP) is 1.79. The van der Waals surface area contributed by atoms with E-state index in [1.807, 2.05) is 13.3 Å². The van der Waals surface area contributed by atoms with Gasteiger partial charge in [-0.1, -0.05) is 6.08 Å². The Morgan fingerprint density at radius 3 is 2.86 bits per heavy atom. The molecule has 0 nitrogen and oxygen atoms in total. The lowest BCUT2D eigenvalue weighted by molar-refractivity contribution is 1.35. The molecule has 0 fully saturated rings. The molecule has 0 aliphatic carbocycles. The maximum atomic E-state index is 3.51. The topological polar surface area (TPSA) is 0 Å². The summed E-state index contributed by atoms with van der Waals surface area (Å²) in [6.45, 7) is 5.34. The molecule has 0 amide bonds. The van der Waals surface area contributed by atoms with E-state index in [4.69, 9.17) is 0 Å². The number of rotatable bonds is 2. The lowest BCUT2D eigenvalue weighted by atomic mass is 10.3. The van der Waals surface area contributed by atoms with Crippen LogP contribution in [0.3, 0.4) is 0 Å².